The maximum atomic E-state index is 11.8. The number of ether oxygens (including phenoxy) is 1. The summed E-state index contributed by atoms with van der Waals surface area (Å²) in [5, 5.41) is 11.7. The van der Waals surface area contributed by atoms with Crippen molar-refractivity contribution in [2.75, 3.05) is 6.61 Å². The Morgan fingerprint density at radius 1 is 1.53 bits per heavy atom. The first-order chi connectivity index (χ1) is 9.06. The van der Waals surface area contributed by atoms with Crippen LogP contribution >= 0.6 is 0 Å². The molecule has 0 unspecified atom stereocenters. The zero-order valence-electron chi connectivity index (χ0n) is 11.4. The van der Waals surface area contributed by atoms with Gasteiger partial charge in [-0.05, 0) is 44.5 Å². The van der Waals surface area contributed by atoms with Crippen LogP contribution in [0.4, 0.5) is 0 Å². The van der Waals surface area contributed by atoms with Crippen molar-refractivity contribution in [3.8, 4) is 11.8 Å². The molecule has 0 fully saturated rings. The van der Waals surface area contributed by atoms with E-state index < -0.39 is 0 Å². The Hall–Kier alpha value is -2.28. The van der Waals surface area contributed by atoms with Crippen LogP contribution in [-0.2, 0) is 4.79 Å². The van der Waals surface area contributed by atoms with Crippen LogP contribution in [0, 0.1) is 11.3 Å². The topological polar surface area (TPSA) is 62.1 Å². The van der Waals surface area contributed by atoms with E-state index in [0.717, 1.165) is 11.3 Å². The van der Waals surface area contributed by atoms with Gasteiger partial charge in [0.25, 0.3) is 5.91 Å². The van der Waals surface area contributed by atoms with E-state index in [1.165, 1.54) is 0 Å². The lowest BCUT2D eigenvalue weighted by Crippen LogP contribution is -2.30. The van der Waals surface area contributed by atoms with E-state index in [1.54, 1.807) is 12.1 Å². The smallest absolute Gasteiger partial charge is 0.262 e. The van der Waals surface area contributed by atoms with Crippen molar-refractivity contribution >= 4 is 12.0 Å². The van der Waals surface area contributed by atoms with Crippen LogP contribution in [-0.4, -0.2) is 18.6 Å². The number of rotatable bonds is 5. The fraction of sp³-hybridized carbons (Fsp3) is 0.333. The monoisotopic (exact) mass is 258 g/mol. The van der Waals surface area contributed by atoms with Crippen molar-refractivity contribution in [1.82, 2.24) is 5.32 Å². The predicted octanol–water partition coefficient (Wildman–Crippen LogP) is 2.52. The molecule has 0 saturated heterocycles. The van der Waals surface area contributed by atoms with Crippen molar-refractivity contribution in [3.05, 3.63) is 35.4 Å². The highest BCUT2D eigenvalue weighted by Crippen LogP contribution is 2.15. The Kier molecular flexibility index (Phi) is 5.62. The van der Waals surface area contributed by atoms with Crippen LogP contribution in [0.25, 0.3) is 6.08 Å². The molecule has 19 heavy (non-hydrogen) atoms. The first-order valence-corrected chi connectivity index (χ1v) is 6.22. The first-order valence-electron chi connectivity index (χ1n) is 6.22. The molecule has 4 heteroatoms. The maximum absolute atomic E-state index is 11.8. The van der Waals surface area contributed by atoms with Crippen LogP contribution < -0.4 is 10.1 Å². The number of amides is 1. The van der Waals surface area contributed by atoms with Gasteiger partial charge in [0.15, 0.2) is 0 Å². The SMILES string of the molecule is CCOc1cccc(/C=C(\C#N)C(=O)NC(C)C)c1. The minimum absolute atomic E-state index is 0.000918. The minimum Gasteiger partial charge on any atom is -0.494 e. The molecule has 0 atom stereocenters. The van der Waals surface area contributed by atoms with Crippen molar-refractivity contribution in [2.45, 2.75) is 26.8 Å². The lowest BCUT2D eigenvalue weighted by Gasteiger charge is -2.07. The first kappa shape index (κ1) is 14.8. The second-order valence-corrected chi connectivity index (χ2v) is 4.30. The Morgan fingerprint density at radius 3 is 2.84 bits per heavy atom. The molecule has 0 saturated carbocycles. The fourth-order valence-electron chi connectivity index (χ4n) is 1.52. The molecule has 1 aromatic rings. The van der Waals surface area contributed by atoms with Gasteiger partial charge in [0.05, 0.1) is 6.61 Å². The van der Waals surface area contributed by atoms with Crippen LogP contribution in [0.3, 0.4) is 0 Å². The van der Waals surface area contributed by atoms with E-state index in [2.05, 4.69) is 5.32 Å². The molecule has 0 heterocycles. The molecule has 0 aliphatic rings. The number of nitrogens with one attached hydrogen (secondary N) is 1. The maximum Gasteiger partial charge on any atom is 0.262 e. The third kappa shape index (κ3) is 4.84. The van der Waals surface area contributed by atoms with Gasteiger partial charge in [-0.3, -0.25) is 4.79 Å². The van der Waals surface area contributed by atoms with Gasteiger partial charge in [0.2, 0.25) is 0 Å². The Morgan fingerprint density at radius 2 is 2.26 bits per heavy atom. The summed E-state index contributed by atoms with van der Waals surface area (Å²) < 4.78 is 5.37. The van der Waals surface area contributed by atoms with E-state index in [0.29, 0.717) is 6.61 Å². The average Bonchev–Trinajstić information content (AvgIpc) is 2.36. The van der Waals surface area contributed by atoms with Crippen molar-refractivity contribution < 1.29 is 9.53 Å². The summed E-state index contributed by atoms with van der Waals surface area (Å²) in [6.45, 7) is 6.18. The molecule has 4 nitrogen and oxygen atoms in total. The summed E-state index contributed by atoms with van der Waals surface area (Å²) in [5.41, 5.74) is 0.851. The Bertz CT molecular complexity index is 513. The number of nitrogens with zero attached hydrogens (tertiary/aromatic N) is 1. The molecule has 0 spiro atoms. The normalized spacial score (nSPS) is 11.0. The van der Waals surface area contributed by atoms with Crippen molar-refractivity contribution in [1.29, 1.82) is 5.26 Å². The van der Waals surface area contributed by atoms with Gasteiger partial charge >= 0.3 is 0 Å². The van der Waals surface area contributed by atoms with Gasteiger partial charge in [-0.15, -0.1) is 0 Å². The summed E-state index contributed by atoms with van der Waals surface area (Å²) in [6, 6.07) is 9.19. The highest BCUT2D eigenvalue weighted by atomic mass is 16.5. The van der Waals surface area contributed by atoms with Gasteiger partial charge in [-0.2, -0.15) is 5.26 Å². The molecule has 100 valence electrons. The van der Waals surface area contributed by atoms with E-state index in [4.69, 9.17) is 10.00 Å². The lowest BCUT2D eigenvalue weighted by molar-refractivity contribution is -0.117. The van der Waals surface area contributed by atoms with Gasteiger partial charge in [-0.25, -0.2) is 0 Å². The summed E-state index contributed by atoms with van der Waals surface area (Å²) in [6.07, 6.45) is 1.56. The van der Waals surface area contributed by atoms with Crippen LogP contribution in [0.15, 0.2) is 29.8 Å². The van der Waals surface area contributed by atoms with Crippen molar-refractivity contribution in [3.63, 3.8) is 0 Å². The molecule has 0 bridgehead atoms. The van der Waals surface area contributed by atoms with Crippen molar-refractivity contribution in [2.24, 2.45) is 0 Å². The summed E-state index contributed by atoms with van der Waals surface area (Å²) in [5.74, 6) is 0.358. The number of hydrogen-bond donors (Lipinski definition) is 1. The molecule has 1 amide bonds. The molecule has 0 radical (unpaired) electrons. The predicted molar refractivity (Wildman–Crippen MR) is 74.5 cm³/mol. The Labute approximate surface area is 113 Å². The van der Waals surface area contributed by atoms with Gasteiger partial charge in [0, 0.05) is 6.04 Å². The van der Waals surface area contributed by atoms with E-state index in [9.17, 15) is 4.79 Å². The standard InChI is InChI=1S/C15H18N2O2/c1-4-19-14-7-5-6-12(9-14)8-13(10-16)15(18)17-11(2)3/h5-9,11H,4H2,1-3H3,(H,17,18)/b13-8+. The van der Waals surface area contributed by atoms with Gasteiger partial charge < -0.3 is 10.1 Å². The lowest BCUT2D eigenvalue weighted by atomic mass is 10.1. The third-order valence-corrected chi connectivity index (χ3v) is 2.26. The Balaban J connectivity index is 2.95. The number of carbonyl (C=O) groups excluding carboxylic acids is 1. The molecule has 0 aliphatic carbocycles. The minimum atomic E-state index is -0.362. The third-order valence-electron chi connectivity index (χ3n) is 2.26. The van der Waals surface area contributed by atoms with Crippen LogP contribution in [0.2, 0.25) is 0 Å². The number of hydrogen-bond acceptors (Lipinski definition) is 3. The zero-order chi connectivity index (χ0) is 14.3. The molecule has 0 aliphatic heterocycles. The number of nitriles is 1. The largest absolute Gasteiger partial charge is 0.494 e. The quantitative estimate of drug-likeness (QED) is 0.652. The molecule has 0 aromatic heterocycles. The molecule has 1 rings (SSSR count). The van der Waals surface area contributed by atoms with Crippen LogP contribution in [0.5, 0.6) is 5.75 Å². The van der Waals surface area contributed by atoms with Gasteiger partial charge in [-0.1, -0.05) is 12.1 Å². The molecular formula is C15H18N2O2. The zero-order valence-corrected chi connectivity index (χ0v) is 11.4. The summed E-state index contributed by atoms with van der Waals surface area (Å²) in [4.78, 5) is 11.8. The van der Waals surface area contributed by atoms with E-state index in [-0.39, 0.29) is 17.5 Å². The highest BCUT2D eigenvalue weighted by molar-refractivity contribution is 6.01. The second-order valence-electron chi connectivity index (χ2n) is 4.30. The summed E-state index contributed by atoms with van der Waals surface area (Å²) in [7, 11) is 0. The number of benzene rings is 1. The second kappa shape index (κ2) is 7.22. The molecule has 1 aromatic carbocycles. The number of carbonyl (C=O) groups is 1. The molecular weight excluding hydrogens is 240 g/mol. The van der Waals surface area contributed by atoms with E-state index in [1.807, 2.05) is 45.0 Å². The van der Waals surface area contributed by atoms with E-state index >= 15 is 0 Å². The average molecular weight is 258 g/mol. The fourth-order valence-corrected chi connectivity index (χ4v) is 1.52. The molecule has 1 N–H and O–H groups in total. The van der Waals surface area contributed by atoms with Crippen LogP contribution in [0.1, 0.15) is 26.3 Å². The summed E-state index contributed by atoms with van der Waals surface area (Å²) >= 11 is 0. The van der Waals surface area contributed by atoms with Gasteiger partial charge in [0.1, 0.15) is 17.4 Å². The highest BCUT2D eigenvalue weighted by Gasteiger charge is 2.09.